The summed E-state index contributed by atoms with van der Waals surface area (Å²) < 4.78 is 1.87. The van der Waals surface area contributed by atoms with Crippen molar-refractivity contribution in [3.63, 3.8) is 0 Å². The van der Waals surface area contributed by atoms with Gasteiger partial charge in [0.25, 0.3) is 17.7 Å². The van der Waals surface area contributed by atoms with Crippen LogP contribution in [-0.2, 0) is 20.9 Å². The molecular weight excluding hydrogens is 480 g/mol. The van der Waals surface area contributed by atoms with Gasteiger partial charge in [0.15, 0.2) is 0 Å². The summed E-state index contributed by atoms with van der Waals surface area (Å²) in [4.78, 5) is 64.6. The van der Waals surface area contributed by atoms with E-state index in [0.29, 0.717) is 25.3 Å². The third-order valence-electron chi connectivity index (χ3n) is 7.11. The fraction of sp³-hybridized carbons (Fsp3) is 0.440. The zero-order chi connectivity index (χ0) is 26.3. The third kappa shape index (κ3) is 4.59. The van der Waals surface area contributed by atoms with Crippen molar-refractivity contribution in [2.75, 3.05) is 18.4 Å². The lowest BCUT2D eigenvalue weighted by Crippen LogP contribution is -2.54. The number of carbonyl (C=O) groups is 5. The van der Waals surface area contributed by atoms with Crippen molar-refractivity contribution < 1.29 is 29.1 Å². The number of nitrogens with one attached hydrogen (secondary N) is 2. The molecule has 2 aromatic rings. The molecule has 194 valence electrons. The van der Waals surface area contributed by atoms with E-state index in [4.69, 9.17) is 0 Å². The molecule has 4 heterocycles. The van der Waals surface area contributed by atoms with Crippen molar-refractivity contribution in [3.05, 3.63) is 47.3 Å². The number of aliphatic hydroxyl groups is 1. The molecule has 3 N–H and O–H groups in total. The smallest absolute Gasteiger partial charge is 0.264 e. The molecule has 37 heavy (non-hydrogen) atoms. The number of aromatic nitrogens is 2. The van der Waals surface area contributed by atoms with Gasteiger partial charge in [-0.25, -0.2) is 0 Å². The highest BCUT2D eigenvalue weighted by molar-refractivity contribution is 6.25. The molecule has 0 saturated carbocycles. The Kier molecular flexibility index (Phi) is 6.50. The molecule has 0 bridgehead atoms. The van der Waals surface area contributed by atoms with E-state index in [2.05, 4.69) is 15.7 Å². The number of anilines is 1. The number of nitrogens with zero attached hydrogens (tertiary/aromatic N) is 4. The van der Waals surface area contributed by atoms with Crippen LogP contribution in [0.4, 0.5) is 5.69 Å². The first-order valence-electron chi connectivity index (χ1n) is 12.3. The average Bonchev–Trinajstić information content (AvgIpc) is 3.46. The lowest BCUT2D eigenvalue weighted by Gasteiger charge is -2.32. The van der Waals surface area contributed by atoms with Crippen LogP contribution in [-0.4, -0.2) is 79.5 Å². The summed E-state index contributed by atoms with van der Waals surface area (Å²) in [5.41, 5.74) is 1.77. The summed E-state index contributed by atoms with van der Waals surface area (Å²) in [7, 11) is 0. The molecule has 1 aromatic heterocycles. The highest BCUT2D eigenvalue weighted by atomic mass is 16.3. The van der Waals surface area contributed by atoms with Gasteiger partial charge in [-0.1, -0.05) is 6.07 Å². The van der Waals surface area contributed by atoms with E-state index < -0.39 is 35.8 Å². The second-order valence-corrected chi connectivity index (χ2v) is 9.59. The fourth-order valence-corrected chi connectivity index (χ4v) is 5.14. The van der Waals surface area contributed by atoms with Crippen molar-refractivity contribution in [2.24, 2.45) is 0 Å². The molecule has 12 nitrogen and oxygen atoms in total. The van der Waals surface area contributed by atoms with Crippen LogP contribution < -0.4 is 10.6 Å². The normalized spacial score (nSPS) is 21.2. The van der Waals surface area contributed by atoms with Crippen LogP contribution in [0.5, 0.6) is 0 Å². The standard InChI is InChI=1S/C25H28N6O6/c1-14(32)23(35)29-9-7-16(8-10-29)30-13-15(12-27-30)11-26-18-4-2-3-17-21(18)25(37)31(24(17)36)19-5-6-20(33)28-22(19)34/h2-4,12-14,16,19,26,32H,5-11H2,1H3,(H,28,33,34)/t14-,19?/m1/s1. The average molecular weight is 509 g/mol. The molecule has 0 spiro atoms. The Bertz CT molecular complexity index is 1280. The number of piperidine rings is 2. The van der Waals surface area contributed by atoms with Crippen molar-refractivity contribution in [1.29, 1.82) is 0 Å². The van der Waals surface area contributed by atoms with Gasteiger partial charge in [-0.15, -0.1) is 0 Å². The molecule has 2 atom stereocenters. The lowest BCUT2D eigenvalue weighted by atomic mass is 10.0. The summed E-state index contributed by atoms with van der Waals surface area (Å²) in [6.45, 7) is 2.94. The van der Waals surface area contributed by atoms with Crippen LogP contribution in [0, 0.1) is 0 Å². The first-order valence-corrected chi connectivity index (χ1v) is 12.3. The quantitative estimate of drug-likeness (QED) is 0.475. The van der Waals surface area contributed by atoms with Crippen LogP contribution in [0.1, 0.15) is 64.9 Å². The summed E-state index contributed by atoms with van der Waals surface area (Å²) in [5.74, 6) is -2.44. The Hall–Kier alpha value is -4.06. The SMILES string of the molecule is C[C@@H](O)C(=O)N1CCC(n2cc(CNc3cccc4c3C(=O)N(C3CCC(=O)NC3=O)C4=O)cn2)CC1. The van der Waals surface area contributed by atoms with Gasteiger partial charge < -0.3 is 15.3 Å². The minimum atomic E-state index is -1.02. The van der Waals surface area contributed by atoms with Crippen LogP contribution in [0.15, 0.2) is 30.6 Å². The van der Waals surface area contributed by atoms with Gasteiger partial charge in [0, 0.05) is 43.5 Å². The van der Waals surface area contributed by atoms with E-state index in [1.54, 1.807) is 29.3 Å². The minimum absolute atomic E-state index is 0.0643. The molecule has 2 fully saturated rings. The summed E-state index contributed by atoms with van der Waals surface area (Å²) in [5, 5.41) is 19.4. The molecule has 3 aliphatic heterocycles. The molecule has 5 rings (SSSR count). The largest absolute Gasteiger partial charge is 0.384 e. The van der Waals surface area contributed by atoms with Crippen molar-refractivity contribution in [1.82, 2.24) is 24.9 Å². The number of likely N-dealkylation sites (tertiary alicyclic amines) is 1. The number of aliphatic hydroxyl groups excluding tert-OH is 1. The Morgan fingerprint density at radius 3 is 2.62 bits per heavy atom. The lowest BCUT2D eigenvalue weighted by molar-refractivity contribution is -0.140. The molecule has 2 saturated heterocycles. The molecule has 0 aliphatic carbocycles. The van der Waals surface area contributed by atoms with Crippen molar-refractivity contribution >= 4 is 35.2 Å². The maximum Gasteiger partial charge on any atom is 0.264 e. The molecule has 5 amide bonds. The van der Waals surface area contributed by atoms with E-state index >= 15 is 0 Å². The van der Waals surface area contributed by atoms with Gasteiger partial charge in [0.05, 0.1) is 23.4 Å². The van der Waals surface area contributed by atoms with E-state index in [-0.39, 0.29) is 35.9 Å². The van der Waals surface area contributed by atoms with Gasteiger partial charge in [-0.3, -0.25) is 38.9 Å². The third-order valence-corrected chi connectivity index (χ3v) is 7.11. The number of hydrogen-bond donors (Lipinski definition) is 3. The van der Waals surface area contributed by atoms with Gasteiger partial charge in [0.1, 0.15) is 12.1 Å². The Morgan fingerprint density at radius 1 is 1.16 bits per heavy atom. The Morgan fingerprint density at radius 2 is 1.92 bits per heavy atom. The first kappa shape index (κ1) is 24.6. The van der Waals surface area contributed by atoms with Crippen LogP contribution in [0.2, 0.25) is 0 Å². The molecule has 1 unspecified atom stereocenters. The number of fused-ring (bicyclic) bond motifs is 1. The molecule has 12 heteroatoms. The minimum Gasteiger partial charge on any atom is -0.384 e. The number of carbonyl (C=O) groups excluding carboxylic acids is 5. The van der Waals surface area contributed by atoms with E-state index in [0.717, 1.165) is 23.3 Å². The number of amides is 5. The fourth-order valence-electron chi connectivity index (χ4n) is 5.14. The maximum absolute atomic E-state index is 13.2. The highest BCUT2D eigenvalue weighted by Gasteiger charge is 2.45. The van der Waals surface area contributed by atoms with E-state index in [9.17, 15) is 29.1 Å². The molecule has 1 aromatic carbocycles. The van der Waals surface area contributed by atoms with E-state index in [1.807, 2.05) is 10.9 Å². The van der Waals surface area contributed by atoms with E-state index in [1.165, 1.54) is 6.92 Å². The predicted octanol–water partition coefficient (Wildman–Crippen LogP) is 0.441. The van der Waals surface area contributed by atoms with Gasteiger partial charge in [-0.2, -0.15) is 5.10 Å². The summed E-state index contributed by atoms with van der Waals surface area (Å²) in [6, 6.07) is 4.05. The number of rotatable bonds is 6. The van der Waals surface area contributed by atoms with Gasteiger partial charge in [-0.05, 0) is 38.3 Å². The molecule has 0 radical (unpaired) electrons. The Labute approximate surface area is 212 Å². The zero-order valence-electron chi connectivity index (χ0n) is 20.3. The van der Waals surface area contributed by atoms with Crippen LogP contribution in [0.3, 0.4) is 0 Å². The molecule has 3 aliphatic rings. The van der Waals surface area contributed by atoms with Crippen LogP contribution >= 0.6 is 0 Å². The number of hydrogen-bond acceptors (Lipinski definition) is 8. The predicted molar refractivity (Wildman–Crippen MR) is 129 cm³/mol. The second kappa shape index (κ2) is 9.77. The maximum atomic E-state index is 13.2. The van der Waals surface area contributed by atoms with Gasteiger partial charge >= 0.3 is 0 Å². The molecular formula is C25H28N6O6. The Balaban J connectivity index is 1.24. The van der Waals surface area contributed by atoms with Crippen LogP contribution in [0.25, 0.3) is 0 Å². The first-order chi connectivity index (χ1) is 17.7. The number of imide groups is 2. The topological polar surface area (TPSA) is 154 Å². The summed E-state index contributed by atoms with van der Waals surface area (Å²) in [6.07, 6.45) is 4.26. The van der Waals surface area contributed by atoms with Crippen molar-refractivity contribution in [2.45, 2.75) is 57.3 Å². The second-order valence-electron chi connectivity index (χ2n) is 9.59. The number of benzene rings is 1. The van der Waals surface area contributed by atoms with Crippen molar-refractivity contribution in [3.8, 4) is 0 Å². The highest BCUT2D eigenvalue weighted by Crippen LogP contribution is 2.32. The summed E-state index contributed by atoms with van der Waals surface area (Å²) >= 11 is 0. The monoisotopic (exact) mass is 508 g/mol. The van der Waals surface area contributed by atoms with Gasteiger partial charge in [0.2, 0.25) is 11.8 Å². The zero-order valence-corrected chi connectivity index (χ0v) is 20.3.